The first-order valence-electron chi connectivity index (χ1n) is 12.9. The fraction of sp³-hybridized carbons (Fsp3) is 0.400. The Balaban J connectivity index is 1.99. The van der Waals surface area contributed by atoms with Crippen LogP contribution < -0.4 is 9.47 Å². The van der Waals surface area contributed by atoms with Crippen molar-refractivity contribution in [2.75, 3.05) is 32.8 Å². The average molecular weight is 507 g/mol. The number of aliphatic hydroxyl groups excluding tert-OH is 1. The number of aliphatic hydroxyl groups is 1. The molecule has 1 N–H and O–H groups in total. The van der Waals surface area contributed by atoms with E-state index >= 15 is 0 Å². The van der Waals surface area contributed by atoms with E-state index in [1.165, 1.54) is 0 Å². The van der Waals surface area contributed by atoms with Crippen molar-refractivity contribution in [1.29, 1.82) is 0 Å². The number of Topliss-reactive ketones (excluding diaryl/α,β-unsaturated/α-hetero) is 1. The van der Waals surface area contributed by atoms with Crippen LogP contribution in [0.15, 0.2) is 66.8 Å². The van der Waals surface area contributed by atoms with Crippen LogP contribution >= 0.6 is 0 Å². The summed E-state index contributed by atoms with van der Waals surface area (Å²) in [5, 5.41) is 11.3. The van der Waals surface area contributed by atoms with Gasteiger partial charge in [-0.15, -0.1) is 0 Å². The van der Waals surface area contributed by atoms with Crippen molar-refractivity contribution in [2.45, 2.75) is 46.3 Å². The van der Waals surface area contributed by atoms with Gasteiger partial charge in [0.2, 0.25) is 0 Å². The Morgan fingerprint density at radius 3 is 2.24 bits per heavy atom. The topological polar surface area (TPSA) is 79.3 Å². The number of carbonyl (C=O) groups is 2. The number of ether oxygens (including phenoxy) is 2. The smallest absolute Gasteiger partial charge is 0.295 e. The van der Waals surface area contributed by atoms with Crippen LogP contribution in [0.5, 0.6) is 11.5 Å². The van der Waals surface area contributed by atoms with Crippen LogP contribution in [-0.4, -0.2) is 65.5 Å². The summed E-state index contributed by atoms with van der Waals surface area (Å²) in [4.78, 5) is 30.3. The third-order valence-corrected chi connectivity index (χ3v) is 6.37. The third-order valence-electron chi connectivity index (χ3n) is 6.37. The molecule has 2 aromatic rings. The molecule has 1 saturated heterocycles. The van der Waals surface area contributed by atoms with E-state index in [-0.39, 0.29) is 17.4 Å². The number of ketones is 1. The summed E-state index contributed by atoms with van der Waals surface area (Å²) in [5.41, 5.74) is 1.27. The monoisotopic (exact) mass is 506 g/mol. The number of hydrogen-bond acceptors (Lipinski definition) is 6. The molecule has 0 aromatic heterocycles. The Morgan fingerprint density at radius 2 is 1.68 bits per heavy atom. The second-order valence-electron chi connectivity index (χ2n) is 9.23. The standard InChI is InChI=1S/C30H38N2O5/c1-6-20-36-24-14-12-23(13-15-24)28(33)26-27(22-10-16-25(17-11-22)37-21(4)5)32(30(35)29(26)34)19-9-18-31(7-2)8-3/h6,10-17,21,27,33H,1,7-9,18-20H2,2-5H3/t27-/m0/s1. The second kappa shape index (κ2) is 13.1. The van der Waals surface area contributed by atoms with Gasteiger partial charge in [-0.2, -0.15) is 0 Å². The second-order valence-corrected chi connectivity index (χ2v) is 9.23. The normalized spacial score (nSPS) is 17.0. The fourth-order valence-electron chi connectivity index (χ4n) is 4.48. The molecule has 0 saturated carbocycles. The van der Waals surface area contributed by atoms with Gasteiger partial charge in [-0.1, -0.05) is 38.6 Å². The van der Waals surface area contributed by atoms with E-state index in [1.807, 2.05) is 38.1 Å². The van der Waals surface area contributed by atoms with Crippen molar-refractivity contribution in [3.8, 4) is 11.5 Å². The molecule has 2 aromatic carbocycles. The van der Waals surface area contributed by atoms with E-state index in [4.69, 9.17) is 9.47 Å². The Kier molecular flexibility index (Phi) is 9.92. The molecule has 1 atom stereocenters. The zero-order chi connectivity index (χ0) is 26.9. The largest absolute Gasteiger partial charge is 0.507 e. The van der Waals surface area contributed by atoms with E-state index in [1.54, 1.807) is 35.2 Å². The van der Waals surface area contributed by atoms with Crippen LogP contribution in [0.4, 0.5) is 0 Å². The number of rotatable bonds is 13. The van der Waals surface area contributed by atoms with E-state index < -0.39 is 17.7 Å². The SMILES string of the molecule is C=CCOc1ccc(C(O)=C2C(=O)C(=O)N(CCCN(CC)CC)[C@H]2c2ccc(OC(C)C)cc2)cc1. The lowest BCUT2D eigenvalue weighted by molar-refractivity contribution is -0.140. The van der Waals surface area contributed by atoms with Crippen molar-refractivity contribution in [1.82, 2.24) is 9.80 Å². The maximum atomic E-state index is 13.3. The summed E-state index contributed by atoms with van der Waals surface area (Å²) in [6.07, 6.45) is 2.39. The summed E-state index contributed by atoms with van der Waals surface area (Å²) in [6, 6.07) is 13.5. The van der Waals surface area contributed by atoms with Crippen LogP contribution in [0.25, 0.3) is 5.76 Å². The molecular formula is C30H38N2O5. The predicted octanol–water partition coefficient (Wildman–Crippen LogP) is 5.19. The fourth-order valence-corrected chi connectivity index (χ4v) is 4.48. The molecule has 3 rings (SSSR count). The molecule has 0 spiro atoms. The van der Waals surface area contributed by atoms with Gasteiger partial charge in [0, 0.05) is 12.1 Å². The number of likely N-dealkylation sites (tertiary alicyclic amines) is 1. The lowest BCUT2D eigenvalue weighted by Crippen LogP contribution is -2.33. The highest BCUT2D eigenvalue weighted by atomic mass is 16.5. The first-order valence-corrected chi connectivity index (χ1v) is 12.9. The predicted molar refractivity (Wildman–Crippen MR) is 146 cm³/mol. The van der Waals surface area contributed by atoms with Crippen LogP contribution in [0.2, 0.25) is 0 Å². The van der Waals surface area contributed by atoms with Gasteiger partial charge in [-0.25, -0.2) is 0 Å². The number of amides is 1. The van der Waals surface area contributed by atoms with Gasteiger partial charge in [-0.3, -0.25) is 9.59 Å². The Labute approximate surface area is 220 Å². The van der Waals surface area contributed by atoms with Crippen molar-refractivity contribution in [3.05, 3.63) is 77.9 Å². The van der Waals surface area contributed by atoms with Gasteiger partial charge < -0.3 is 24.4 Å². The molecule has 37 heavy (non-hydrogen) atoms. The zero-order valence-corrected chi connectivity index (χ0v) is 22.3. The number of hydrogen-bond donors (Lipinski definition) is 1. The van der Waals surface area contributed by atoms with Crippen molar-refractivity contribution >= 4 is 17.4 Å². The maximum absolute atomic E-state index is 13.3. The minimum absolute atomic E-state index is 0.0231. The van der Waals surface area contributed by atoms with Crippen LogP contribution in [0.1, 0.15) is 51.3 Å². The Bertz CT molecular complexity index is 1100. The van der Waals surface area contributed by atoms with E-state index in [2.05, 4.69) is 25.3 Å². The van der Waals surface area contributed by atoms with Gasteiger partial charge >= 0.3 is 0 Å². The molecule has 7 nitrogen and oxygen atoms in total. The number of carbonyl (C=O) groups excluding carboxylic acids is 2. The van der Waals surface area contributed by atoms with Crippen molar-refractivity contribution < 1.29 is 24.2 Å². The summed E-state index contributed by atoms with van der Waals surface area (Å²) >= 11 is 0. The van der Waals surface area contributed by atoms with E-state index in [0.29, 0.717) is 30.2 Å². The highest BCUT2D eigenvalue weighted by molar-refractivity contribution is 6.46. The molecule has 1 amide bonds. The molecule has 7 heteroatoms. The minimum Gasteiger partial charge on any atom is -0.507 e. The first kappa shape index (κ1) is 28.0. The summed E-state index contributed by atoms with van der Waals surface area (Å²) in [7, 11) is 0. The van der Waals surface area contributed by atoms with E-state index in [0.717, 1.165) is 31.6 Å². The molecule has 1 heterocycles. The van der Waals surface area contributed by atoms with E-state index in [9.17, 15) is 14.7 Å². The van der Waals surface area contributed by atoms with Crippen LogP contribution in [0, 0.1) is 0 Å². The molecule has 1 aliphatic rings. The maximum Gasteiger partial charge on any atom is 0.295 e. The van der Waals surface area contributed by atoms with Gasteiger partial charge in [0.15, 0.2) is 0 Å². The van der Waals surface area contributed by atoms with Crippen molar-refractivity contribution in [3.63, 3.8) is 0 Å². The molecule has 0 aliphatic carbocycles. The first-order chi connectivity index (χ1) is 17.8. The molecule has 0 bridgehead atoms. The number of benzene rings is 2. The van der Waals surface area contributed by atoms with Crippen LogP contribution in [-0.2, 0) is 9.59 Å². The number of nitrogens with zero attached hydrogens (tertiary/aromatic N) is 2. The van der Waals surface area contributed by atoms with Gasteiger partial charge in [0.1, 0.15) is 23.9 Å². The van der Waals surface area contributed by atoms with Gasteiger partial charge in [-0.05, 0) is 81.9 Å². The zero-order valence-electron chi connectivity index (χ0n) is 22.3. The third kappa shape index (κ3) is 6.80. The van der Waals surface area contributed by atoms with Crippen LogP contribution in [0.3, 0.4) is 0 Å². The lowest BCUT2D eigenvalue weighted by Gasteiger charge is -2.27. The average Bonchev–Trinajstić information content (AvgIpc) is 3.15. The molecule has 0 radical (unpaired) electrons. The van der Waals surface area contributed by atoms with Gasteiger partial charge in [0.25, 0.3) is 11.7 Å². The molecule has 1 fully saturated rings. The highest BCUT2D eigenvalue weighted by Crippen LogP contribution is 2.40. The Morgan fingerprint density at radius 1 is 1.05 bits per heavy atom. The van der Waals surface area contributed by atoms with Gasteiger partial charge in [0.05, 0.1) is 17.7 Å². The van der Waals surface area contributed by atoms with Crippen molar-refractivity contribution in [2.24, 2.45) is 0 Å². The molecule has 198 valence electrons. The molecule has 1 aliphatic heterocycles. The summed E-state index contributed by atoms with van der Waals surface area (Å²) in [6.45, 7) is 15.2. The Hall–Kier alpha value is -3.58. The minimum atomic E-state index is -0.693. The molecular weight excluding hydrogens is 468 g/mol. The summed E-state index contributed by atoms with van der Waals surface area (Å²) < 4.78 is 11.3. The quantitative estimate of drug-likeness (QED) is 0.174. The lowest BCUT2D eigenvalue weighted by atomic mass is 9.95. The summed E-state index contributed by atoms with van der Waals surface area (Å²) in [5.74, 6) is -0.162. The highest BCUT2D eigenvalue weighted by Gasteiger charge is 2.45. The molecule has 0 unspecified atom stereocenters.